The van der Waals surface area contributed by atoms with Crippen LogP contribution in [-0.2, 0) is 0 Å². The molecular formula is C11H26N3. The minimum Gasteiger partial charge on any atom is -0.279 e. The average molecular weight is 200 g/mol. The van der Waals surface area contributed by atoms with E-state index in [0.717, 1.165) is 19.5 Å². The summed E-state index contributed by atoms with van der Waals surface area (Å²) >= 11 is 0. The van der Waals surface area contributed by atoms with Crippen molar-refractivity contribution in [3.05, 3.63) is 6.92 Å². The molecule has 0 atom stereocenters. The van der Waals surface area contributed by atoms with Gasteiger partial charge in [0.1, 0.15) is 5.79 Å². The van der Waals surface area contributed by atoms with Crippen LogP contribution < -0.4 is 0 Å². The molecular weight excluding hydrogens is 174 g/mol. The first-order valence-electron chi connectivity index (χ1n) is 5.36. The molecule has 85 valence electrons. The zero-order chi connectivity index (χ0) is 11.4. The number of rotatable bonds is 6. The topological polar surface area (TPSA) is 9.72 Å². The molecule has 0 amide bonds. The fourth-order valence-corrected chi connectivity index (χ4v) is 2.30. The summed E-state index contributed by atoms with van der Waals surface area (Å²) in [6, 6.07) is 0. The Morgan fingerprint density at radius 2 is 1.29 bits per heavy atom. The molecule has 0 fully saturated rings. The van der Waals surface area contributed by atoms with Crippen LogP contribution >= 0.6 is 0 Å². The first kappa shape index (κ1) is 13.9. The molecule has 0 saturated carbocycles. The van der Waals surface area contributed by atoms with Crippen LogP contribution in [-0.4, -0.2) is 61.8 Å². The van der Waals surface area contributed by atoms with Crippen LogP contribution in [0.1, 0.15) is 20.3 Å². The minimum atomic E-state index is -0.0521. The lowest BCUT2D eigenvalue weighted by Crippen LogP contribution is -2.65. The Kier molecular flexibility index (Phi) is 5.64. The summed E-state index contributed by atoms with van der Waals surface area (Å²) in [4.78, 5) is 6.92. The van der Waals surface area contributed by atoms with E-state index in [2.05, 4.69) is 63.7 Å². The minimum absolute atomic E-state index is 0.0521. The van der Waals surface area contributed by atoms with Gasteiger partial charge in [0.25, 0.3) is 0 Å². The highest BCUT2D eigenvalue weighted by molar-refractivity contribution is 4.85. The molecule has 0 aliphatic rings. The Labute approximate surface area is 89.7 Å². The van der Waals surface area contributed by atoms with Crippen LogP contribution in [0, 0.1) is 6.92 Å². The molecule has 0 rings (SSSR count). The molecule has 0 bridgehead atoms. The van der Waals surface area contributed by atoms with Gasteiger partial charge in [-0.05, 0) is 54.6 Å². The van der Waals surface area contributed by atoms with Crippen LogP contribution in [0.5, 0.6) is 0 Å². The third-order valence-electron chi connectivity index (χ3n) is 3.04. The Hall–Kier alpha value is -0.120. The van der Waals surface area contributed by atoms with E-state index in [-0.39, 0.29) is 5.79 Å². The summed E-state index contributed by atoms with van der Waals surface area (Å²) in [5.74, 6) is -0.0521. The van der Waals surface area contributed by atoms with Crippen LogP contribution in [0.2, 0.25) is 0 Å². The van der Waals surface area contributed by atoms with Crippen molar-refractivity contribution < 1.29 is 0 Å². The van der Waals surface area contributed by atoms with E-state index < -0.39 is 0 Å². The van der Waals surface area contributed by atoms with Crippen LogP contribution in [0.4, 0.5) is 0 Å². The molecule has 14 heavy (non-hydrogen) atoms. The third kappa shape index (κ3) is 2.27. The number of nitrogens with zero attached hydrogens (tertiary/aromatic N) is 3. The SMILES string of the molecule is [CH2]CC(N(C)C)(N(C)C)N(CC)CC. The van der Waals surface area contributed by atoms with Crippen molar-refractivity contribution >= 4 is 0 Å². The monoisotopic (exact) mass is 200 g/mol. The Morgan fingerprint density at radius 1 is 0.929 bits per heavy atom. The summed E-state index contributed by atoms with van der Waals surface area (Å²) in [7, 11) is 8.46. The van der Waals surface area contributed by atoms with Crippen LogP contribution in [0.3, 0.4) is 0 Å². The van der Waals surface area contributed by atoms with Gasteiger partial charge in [-0.25, -0.2) is 0 Å². The molecule has 0 aromatic heterocycles. The van der Waals surface area contributed by atoms with E-state index in [1.54, 1.807) is 0 Å². The number of hydrogen-bond donors (Lipinski definition) is 0. The molecule has 0 aliphatic heterocycles. The predicted octanol–water partition coefficient (Wildman–Crippen LogP) is 1.33. The third-order valence-corrected chi connectivity index (χ3v) is 3.04. The Morgan fingerprint density at radius 3 is 1.36 bits per heavy atom. The van der Waals surface area contributed by atoms with Crippen molar-refractivity contribution in [3.63, 3.8) is 0 Å². The van der Waals surface area contributed by atoms with Crippen molar-refractivity contribution in [2.45, 2.75) is 26.1 Å². The molecule has 0 saturated heterocycles. The quantitative estimate of drug-likeness (QED) is 0.599. The first-order valence-corrected chi connectivity index (χ1v) is 5.36. The summed E-state index contributed by atoms with van der Waals surface area (Å²) in [5.41, 5.74) is 0. The maximum atomic E-state index is 4.09. The van der Waals surface area contributed by atoms with Crippen molar-refractivity contribution in [3.8, 4) is 0 Å². The van der Waals surface area contributed by atoms with E-state index in [1.165, 1.54) is 0 Å². The summed E-state index contributed by atoms with van der Waals surface area (Å²) in [6.45, 7) is 10.6. The van der Waals surface area contributed by atoms with Crippen molar-refractivity contribution in [2.75, 3.05) is 41.3 Å². The lowest BCUT2D eigenvalue weighted by Gasteiger charge is -2.51. The lowest BCUT2D eigenvalue weighted by atomic mass is 10.1. The zero-order valence-corrected chi connectivity index (χ0v) is 10.7. The highest BCUT2D eigenvalue weighted by Gasteiger charge is 2.37. The predicted molar refractivity (Wildman–Crippen MR) is 63.0 cm³/mol. The fourth-order valence-electron chi connectivity index (χ4n) is 2.30. The van der Waals surface area contributed by atoms with Crippen molar-refractivity contribution in [2.24, 2.45) is 0 Å². The molecule has 0 aromatic rings. The van der Waals surface area contributed by atoms with Gasteiger partial charge in [-0.1, -0.05) is 13.8 Å². The molecule has 0 N–H and O–H groups in total. The van der Waals surface area contributed by atoms with E-state index in [9.17, 15) is 0 Å². The van der Waals surface area contributed by atoms with E-state index >= 15 is 0 Å². The summed E-state index contributed by atoms with van der Waals surface area (Å²) in [5, 5.41) is 0. The van der Waals surface area contributed by atoms with Crippen molar-refractivity contribution in [1.29, 1.82) is 0 Å². The summed E-state index contributed by atoms with van der Waals surface area (Å²) < 4.78 is 0. The van der Waals surface area contributed by atoms with Gasteiger partial charge in [-0.15, -0.1) is 0 Å². The van der Waals surface area contributed by atoms with E-state index in [4.69, 9.17) is 0 Å². The fraction of sp³-hybridized carbons (Fsp3) is 0.909. The smallest absolute Gasteiger partial charge is 0.130 e. The molecule has 3 nitrogen and oxygen atoms in total. The average Bonchev–Trinajstić information content (AvgIpc) is 2.12. The van der Waals surface area contributed by atoms with Gasteiger partial charge in [0.05, 0.1) is 0 Å². The second kappa shape index (κ2) is 5.69. The van der Waals surface area contributed by atoms with Gasteiger partial charge in [0, 0.05) is 0 Å². The molecule has 3 heteroatoms. The largest absolute Gasteiger partial charge is 0.279 e. The maximum Gasteiger partial charge on any atom is 0.130 e. The van der Waals surface area contributed by atoms with Crippen molar-refractivity contribution in [1.82, 2.24) is 14.7 Å². The second-order valence-electron chi connectivity index (χ2n) is 3.99. The Bertz CT molecular complexity index is 143. The molecule has 0 spiro atoms. The normalized spacial score (nSPS) is 13.3. The maximum absolute atomic E-state index is 4.09. The van der Waals surface area contributed by atoms with Gasteiger partial charge in [0.15, 0.2) is 0 Å². The molecule has 1 radical (unpaired) electrons. The van der Waals surface area contributed by atoms with Gasteiger partial charge in [-0.3, -0.25) is 14.7 Å². The van der Waals surface area contributed by atoms with Gasteiger partial charge in [-0.2, -0.15) is 0 Å². The summed E-state index contributed by atoms with van der Waals surface area (Å²) in [6.07, 6.45) is 0.856. The Balaban J connectivity index is 5.00. The molecule has 0 aliphatic carbocycles. The van der Waals surface area contributed by atoms with Gasteiger partial charge < -0.3 is 0 Å². The second-order valence-corrected chi connectivity index (χ2v) is 3.99. The molecule has 0 unspecified atom stereocenters. The van der Waals surface area contributed by atoms with Crippen LogP contribution in [0.25, 0.3) is 0 Å². The van der Waals surface area contributed by atoms with Crippen LogP contribution in [0.15, 0.2) is 0 Å². The highest BCUT2D eigenvalue weighted by Crippen LogP contribution is 2.24. The standard InChI is InChI=1S/C11H26N3/c1-8-11(12(4)5,13(6)7)14(9-2)10-3/h1,8-10H2,2-7H3. The molecule has 0 heterocycles. The van der Waals surface area contributed by atoms with Gasteiger partial charge in [0.2, 0.25) is 0 Å². The lowest BCUT2D eigenvalue weighted by molar-refractivity contribution is -0.126. The highest BCUT2D eigenvalue weighted by atomic mass is 15.5. The van der Waals surface area contributed by atoms with E-state index in [1.807, 2.05) is 0 Å². The van der Waals surface area contributed by atoms with Gasteiger partial charge >= 0.3 is 0 Å². The molecule has 0 aromatic carbocycles. The zero-order valence-electron chi connectivity index (χ0n) is 10.7. The number of hydrogen-bond acceptors (Lipinski definition) is 3. The van der Waals surface area contributed by atoms with E-state index in [0.29, 0.717) is 0 Å². The first-order chi connectivity index (χ1) is 6.47.